The van der Waals surface area contributed by atoms with Gasteiger partial charge in [-0.2, -0.15) is 5.26 Å². The molecule has 0 saturated carbocycles. The molecule has 0 spiro atoms. The fraction of sp³-hybridized carbons (Fsp3) is 0.556. The van der Waals surface area contributed by atoms with Crippen molar-refractivity contribution in [2.45, 2.75) is 56.7 Å². The minimum atomic E-state index is -1.78. The number of rotatable bonds is 8. The number of ether oxygens (including phenoxy) is 2. The lowest BCUT2D eigenvalue weighted by Crippen LogP contribution is -2.58. The van der Waals surface area contributed by atoms with E-state index >= 15 is 0 Å². The second-order valence-electron chi connectivity index (χ2n) is 11.0. The summed E-state index contributed by atoms with van der Waals surface area (Å²) in [7, 11) is -1.78. The Morgan fingerprint density at radius 2 is 2.00 bits per heavy atom. The number of benzene rings is 1. The van der Waals surface area contributed by atoms with Gasteiger partial charge < -0.3 is 29.7 Å². The summed E-state index contributed by atoms with van der Waals surface area (Å²) in [6.07, 6.45) is 1.27. The summed E-state index contributed by atoms with van der Waals surface area (Å²) in [5, 5.41) is 31.9. The lowest BCUT2D eigenvalue weighted by molar-refractivity contribution is -0.129. The number of alkyl carbamates (subject to hydrolysis) is 1. The Morgan fingerprint density at radius 1 is 1.25 bits per heavy atom. The van der Waals surface area contributed by atoms with E-state index in [9.17, 15) is 29.7 Å². The second-order valence-corrected chi connectivity index (χ2v) is 11.0. The van der Waals surface area contributed by atoms with Gasteiger partial charge in [0.05, 0.1) is 18.5 Å². The molecule has 3 aliphatic rings. The number of amides is 3. The third-order valence-corrected chi connectivity index (χ3v) is 7.68. The van der Waals surface area contributed by atoms with Crippen LogP contribution < -0.4 is 5.32 Å². The molecule has 3 N–H and O–H groups in total. The summed E-state index contributed by atoms with van der Waals surface area (Å²) in [6, 6.07) is 11.1. The van der Waals surface area contributed by atoms with Gasteiger partial charge in [0.25, 0.3) is 5.91 Å². The van der Waals surface area contributed by atoms with E-state index in [0.29, 0.717) is 45.6 Å². The molecule has 4 rings (SSSR count). The number of fused-ring (bicyclic) bond motifs is 1. The van der Waals surface area contributed by atoms with Crippen molar-refractivity contribution >= 4 is 25.2 Å². The van der Waals surface area contributed by atoms with Crippen molar-refractivity contribution in [3.63, 3.8) is 0 Å². The molecular weight excluding hydrogens is 517 g/mol. The van der Waals surface area contributed by atoms with E-state index in [0.717, 1.165) is 5.56 Å². The van der Waals surface area contributed by atoms with Crippen LogP contribution in [0.2, 0.25) is 0 Å². The molecule has 0 radical (unpaired) electrons. The topological polar surface area (TPSA) is 156 Å². The van der Waals surface area contributed by atoms with Crippen molar-refractivity contribution in [2.75, 3.05) is 39.3 Å². The quantitative estimate of drug-likeness (QED) is 0.240. The van der Waals surface area contributed by atoms with Gasteiger partial charge in [-0.25, -0.2) is 9.59 Å². The maximum absolute atomic E-state index is 13.3. The van der Waals surface area contributed by atoms with Crippen LogP contribution >= 0.6 is 0 Å². The van der Waals surface area contributed by atoms with Gasteiger partial charge in [0.15, 0.2) is 0 Å². The number of carbonyl (C=O) groups is 3. The van der Waals surface area contributed by atoms with Crippen LogP contribution in [0.15, 0.2) is 42.0 Å². The van der Waals surface area contributed by atoms with Crippen LogP contribution in [0.1, 0.15) is 32.3 Å². The molecule has 1 aromatic rings. The van der Waals surface area contributed by atoms with E-state index in [1.54, 1.807) is 11.0 Å². The highest BCUT2D eigenvalue weighted by Crippen LogP contribution is 2.26. The molecule has 3 saturated heterocycles. The summed E-state index contributed by atoms with van der Waals surface area (Å²) in [4.78, 5) is 43.1. The van der Waals surface area contributed by atoms with Crippen LogP contribution in [0.3, 0.4) is 0 Å². The zero-order valence-electron chi connectivity index (χ0n) is 22.9. The van der Waals surface area contributed by atoms with Crippen molar-refractivity contribution in [3.05, 3.63) is 47.5 Å². The Morgan fingerprint density at radius 3 is 2.70 bits per heavy atom. The lowest BCUT2D eigenvalue weighted by Gasteiger charge is -2.43. The summed E-state index contributed by atoms with van der Waals surface area (Å²) < 4.78 is 10.7. The van der Waals surface area contributed by atoms with Gasteiger partial charge in [-0.3, -0.25) is 14.6 Å². The molecular formula is C27H36BN5O7. The molecule has 3 amide bonds. The van der Waals surface area contributed by atoms with Gasteiger partial charge >= 0.3 is 19.3 Å². The number of piperidine rings is 1. The highest BCUT2D eigenvalue weighted by atomic mass is 16.6. The molecule has 0 bridgehead atoms. The van der Waals surface area contributed by atoms with E-state index in [-0.39, 0.29) is 30.7 Å². The van der Waals surface area contributed by atoms with Crippen LogP contribution in [0, 0.1) is 11.3 Å². The highest BCUT2D eigenvalue weighted by Gasteiger charge is 2.41. The van der Waals surface area contributed by atoms with Gasteiger partial charge in [0.1, 0.15) is 24.4 Å². The fourth-order valence-corrected chi connectivity index (χ4v) is 5.42. The van der Waals surface area contributed by atoms with Gasteiger partial charge in [0, 0.05) is 31.7 Å². The monoisotopic (exact) mass is 553 g/mol. The zero-order chi connectivity index (χ0) is 28.9. The van der Waals surface area contributed by atoms with Gasteiger partial charge in [0.2, 0.25) is 0 Å². The first-order valence-electron chi connectivity index (χ1n) is 13.5. The smallest absolute Gasteiger partial charge is 0.447 e. The Labute approximate surface area is 234 Å². The molecule has 1 unspecified atom stereocenters. The highest BCUT2D eigenvalue weighted by molar-refractivity contribution is 6.43. The van der Waals surface area contributed by atoms with Crippen molar-refractivity contribution in [2.24, 2.45) is 0 Å². The van der Waals surface area contributed by atoms with E-state index < -0.39 is 36.7 Å². The maximum atomic E-state index is 13.3. The minimum absolute atomic E-state index is 0.00241. The van der Waals surface area contributed by atoms with E-state index in [1.165, 1.54) is 4.90 Å². The molecule has 3 fully saturated rings. The normalized spacial score (nSPS) is 22.6. The average molecular weight is 553 g/mol. The Kier molecular flexibility index (Phi) is 9.34. The second kappa shape index (κ2) is 12.7. The average Bonchev–Trinajstić information content (AvgIpc) is 3.31. The molecule has 214 valence electrons. The third kappa shape index (κ3) is 7.13. The van der Waals surface area contributed by atoms with Gasteiger partial charge in [-0.1, -0.05) is 30.3 Å². The van der Waals surface area contributed by atoms with Crippen molar-refractivity contribution in [1.82, 2.24) is 20.0 Å². The molecule has 13 heteroatoms. The van der Waals surface area contributed by atoms with Crippen LogP contribution in [0.4, 0.5) is 9.59 Å². The van der Waals surface area contributed by atoms with Crippen LogP contribution in [-0.4, -0.2) is 113 Å². The van der Waals surface area contributed by atoms with Gasteiger partial charge in [-0.05, 0) is 44.7 Å². The number of nitrogens with zero attached hydrogens (tertiary/aromatic N) is 4. The summed E-state index contributed by atoms with van der Waals surface area (Å²) in [5.41, 5.74) is 0.201. The number of cyclic esters (lactones) is 1. The maximum Gasteiger partial charge on any atom is 0.475 e. The standard InChI is InChI=1S/C27H36BN5O7/c1-27(2,32-11-12-33-21(16-32)18-39-26(33)36)14-20(15-29)24(34)31-10-6-9-22(17-31)40-25(35)30-23(28(37)38)13-19-7-4-3-5-8-19/h3-5,7-8,14,21-23,37-38H,6,9-13,16-18H2,1-2H3,(H,30,35)/t21-,22+,23?/m1/s1. The van der Waals surface area contributed by atoms with E-state index in [4.69, 9.17) is 9.47 Å². The number of carbonyl (C=O) groups excluding carboxylic acids is 3. The predicted molar refractivity (Wildman–Crippen MR) is 145 cm³/mol. The summed E-state index contributed by atoms with van der Waals surface area (Å²) in [5.74, 6) is -1.41. The zero-order valence-corrected chi connectivity index (χ0v) is 22.9. The molecule has 40 heavy (non-hydrogen) atoms. The molecule has 3 heterocycles. The van der Waals surface area contributed by atoms with Crippen LogP contribution in [-0.2, 0) is 20.7 Å². The Balaban J connectivity index is 1.34. The molecule has 3 atom stereocenters. The SMILES string of the molecule is CC(C)(C=C(C#N)C(=O)N1CCC[C@H](OC(=O)NC(Cc2ccccc2)B(O)O)C1)N1CCN2C(=O)OC[C@H]2C1. The first-order chi connectivity index (χ1) is 19.1. The molecule has 0 aliphatic carbocycles. The predicted octanol–water partition coefficient (Wildman–Crippen LogP) is 0.692. The molecule has 12 nitrogen and oxygen atoms in total. The third-order valence-electron chi connectivity index (χ3n) is 7.68. The number of nitrogens with one attached hydrogen (secondary N) is 1. The first-order valence-corrected chi connectivity index (χ1v) is 13.5. The van der Waals surface area contributed by atoms with Crippen LogP contribution in [0.25, 0.3) is 0 Å². The Hall–Kier alpha value is -3.60. The Bertz CT molecular complexity index is 1160. The van der Waals surface area contributed by atoms with Crippen molar-refractivity contribution in [3.8, 4) is 6.07 Å². The van der Waals surface area contributed by atoms with Gasteiger partial charge in [-0.15, -0.1) is 0 Å². The number of likely N-dealkylation sites (tertiary alicyclic amines) is 1. The van der Waals surface area contributed by atoms with E-state index in [2.05, 4.69) is 10.2 Å². The lowest BCUT2D eigenvalue weighted by atomic mass is 9.76. The molecule has 1 aromatic carbocycles. The number of piperazine rings is 1. The molecule has 3 aliphatic heterocycles. The summed E-state index contributed by atoms with van der Waals surface area (Å²) >= 11 is 0. The largest absolute Gasteiger partial charge is 0.475 e. The summed E-state index contributed by atoms with van der Waals surface area (Å²) in [6.45, 7) is 6.41. The number of hydrogen-bond donors (Lipinski definition) is 3. The minimum Gasteiger partial charge on any atom is -0.447 e. The van der Waals surface area contributed by atoms with Crippen LogP contribution in [0.5, 0.6) is 0 Å². The first kappa shape index (κ1) is 29.4. The van der Waals surface area contributed by atoms with E-state index in [1.807, 2.05) is 50.2 Å². The number of nitriles is 1. The fourth-order valence-electron chi connectivity index (χ4n) is 5.42. The molecule has 0 aromatic heterocycles. The van der Waals surface area contributed by atoms with Crippen molar-refractivity contribution < 1.29 is 33.9 Å². The van der Waals surface area contributed by atoms with Crippen molar-refractivity contribution in [1.29, 1.82) is 5.26 Å². The number of hydrogen-bond acceptors (Lipinski definition) is 9.